The van der Waals surface area contributed by atoms with Gasteiger partial charge in [-0.3, -0.25) is 4.79 Å². The molecule has 0 spiro atoms. The summed E-state index contributed by atoms with van der Waals surface area (Å²) in [7, 11) is 1.53. The van der Waals surface area contributed by atoms with E-state index in [0.29, 0.717) is 12.2 Å². The Morgan fingerprint density at radius 3 is 2.90 bits per heavy atom. The van der Waals surface area contributed by atoms with Crippen molar-refractivity contribution in [2.24, 2.45) is 0 Å². The Morgan fingerprint density at radius 2 is 2.19 bits per heavy atom. The van der Waals surface area contributed by atoms with Gasteiger partial charge < -0.3 is 10.6 Å². The first kappa shape index (κ1) is 15.2. The van der Waals surface area contributed by atoms with Crippen molar-refractivity contribution in [2.75, 3.05) is 13.6 Å². The summed E-state index contributed by atoms with van der Waals surface area (Å²) in [6.45, 7) is 3.48. The standard InChI is InChI=1S/C15H19FN4O/c1-3-8-18-10-11-5-4-6-12(16)14(11)20-9-7-13(19-20)15(21)17-2/h4-7,9,18H,3,8,10H2,1-2H3,(H,17,21). The zero-order chi connectivity index (χ0) is 15.2. The molecule has 0 radical (unpaired) electrons. The Balaban J connectivity index is 2.33. The summed E-state index contributed by atoms with van der Waals surface area (Å²) in [5.41, 5.74) is 1.43. The van der Waals surface area contributed by atoms with Crippen molar-refractivity contribution in [1.29, 1.82) is 0 Å². The summed E-state index contributed by atoms with van der Waals surface area (Å²) in [5.74, 6) is -0.659. The lowest BCUT2D eigenvalue weighted by Gasteiger charge is -2.11. The summed E-state index contributed by atoms with van der Waals surface area (Å²) in [6.07, 6.45) is 2.60. The quantitative estimate of drug-likeness (QED) is 0.799. The van der Waals surface area contributed by atoms with Crippen LogP contribution in [0.25, 0.3) is 5.69 Å². The van der Waals surface area contributed by atoms with E-state index >= 15 is 0 Å². The van der Waals surface area contributed by atoms with Crippen LogP contribution in [-0.2, 0) is 6.54 Å². The Kier molecular flexibility index (Phi) is 5.05. The van der Waals surface area contributed by atoms with E-state index in [9.17, 15) is 9.18 Å². The lowest BCUT2D eigenvalue weighted by Crippen LogP contribution is -2.19. The maximum atomic E-state index is 14.1. The van der Waals surface area contributed by atoms with Gasteiger partial charge in [-0.25, -0.2) is 9.07 Å². The van der Waals surface area contributed by atoms with Crippen LogP contribution in [0.5, 0.6) is 0 Å². The third kappa shape index (κ3) is 3.46. The molecule has 0 fully saturated rings. The van der Waals surface area contributed by atoms with Crippen molar-refractivity contribution in [1.82, 2.24) is 20.4 Å². The summed E-state index contributed by atoms with van der Waals surface area (Å²) >= 11 is 0. The van der Waals surface area contributed by atoms with E-state index in [4.69, 9.17) is 0 Å². The van der Waals surface area contributed by atoms with E-state index in [0.717, 1.165) is 18.5 Å². The number of nitrogens with zero attached hydrogens (tertiary/aromatic N) is 2. The van der Waals surface area contributed by atoms with Crippen molar-refractivity contribution in [3.8, 4) is 5.69 Å². The number of hydrogen-bond donors (Lipinski definition) is 2. The molecule has 1 aromatic carbocycles. The molecule has 21 heavy (non-hydrogen) atoms. The minimum absolute atomic E-state index is 0.258. The first-order valence-electron chi connectivity index (χ1n) is 6.93. The zero-order valence-electron chi connectivity index (χ0n) is 12.2. The number of carbonyl (C=O) groups is 1. The molecule has 0 unspecified atom stereocenters. The van der Waals surface area contributed by atoms with Gasteiger partial charge >= 0.3 is 0 Å². The summed E-state index contributed by atoms with van der Waals surface area (Å²) < 4.78 is 15.6. The SMILES string of the molecule is CCCNCc1cccc(F)c1-n1ccc(C(=O)NC)n1. The van der Waals surface area contributed by atoms with Gasteiger partial charge in [0.1, 0.15) is 11.5 Å². The highest BCUT2D eigenvalue weighted by molar-refractivity contribution is 5.91. The molecule has 6 heteroatoms. The highest BCUT2D eigenvalue weighted by Gasteiger charge is 2.14. The van der Waals surface area contributed by atoms with Crippen molar-refractivity contribution in [2.45, 2.75) is 19.9 Å². The lowest BCUT2D eigenvalue weighted by atomic mass is 10.1. The van der Waals surface area contributed by atoms with Gasteiger partial charge in [0.15, 0.2) is 5.69 Å². The molecule has 0 saturated carbocycles. The first-order chi connectivity index (χ1) is 10.2. The number of halogens is 1. The Labute approximate surface area is 123 Å². The first-order valence-corrected chi connectivity index (χ1v) is 6.93. The molecule has 1 heterocycles. The number of nitrogens with one attached hydrogen (secondary N) is 2. The molecule has 0 saturated heterocycles. The molecule has 2 rings (SSSR count). The Morgan fingerprint density at radius 1 is 1.38 bits per heavy atom. The Hall–Kier alpha value is -2.21. The highest BCUT2D eigenvalue weighted by Crippen LogP contribution is 2.18. The fourth-order valence-electron chi connectivity index (χ4n) is 2.06. The van der Waals surface area contributed by atoms with Gasteiger partial charge in [-0.1, -0.05) is 19.1 Å². The van der Waals surface area contributed by atoms with E-state index in [-0.39, 0.29) is 17.4 Å². The maximum absolute atomic E-state index is 14.1. The second kappa shape index (κ2) is 6.99. The number of amides is 1. The second-order valence-electron chi connectivity index (χ2n) is 4.65. The molecule has 0 atom stereocenters. The molecular formula is C15H19FN4O. The highest BCUT2D eigenvalue weighted by atomic mass is 19.1. The minimum Gasteiger partial charge on any atom is -0.354 e. The molecule has 1 amide bonds. The van der Waals surface area contributed by atoms with Crippen LogP contribution >= 0.6 is 0 Å². The van der Waals surface area contributed by atoms with Crippen LogP contribution in [0.3, 0.4) is 0 Å². The van der Waals surface area contributed by atoms with Crippen LogP contribution in [0.2, 0.25) is 0 Å². The molecule has 5 nitrogen and oxygen atoms in total. The topological polar surface area (TPSA) is 59.0 Å². The predicted octanol–water partition coefficient (Wildman–Crippen LogP) is 1.87. The van der Waals surface area contributed by atoms with E-state index in [1.807, 2.05) is 6.07 Å². The third-order valence-electron chi connectivity index (χ3n) is 3.09. The summed E-state index contributed by atoms with van der Waals surface area (Å²) in [5, 5.41) is 9.88. The average molecular weight is 290 g/mol. The van der Waals surface area contributed by atoms with Gasteiger partial charge in [0.05, 0.1) is 0 Å². The number of para-hydroxylation sites is 1. The van der Waals surface area contributed by atoms with E-state index in [1.54, 1.807) is 18.3 Å². The fraction of sp³-hybridized carbons (Fsp3) is 0.333. The smallest absolute Gasteiger partial charge is 0.271 e. The van der Waals surface area contributed by atoms with Crippen LogP contribution < -0.4 is 10.6 Å². The zero-order valence-corrected chi connectivity index (χ0v) is 12.2. The van der Waals surface area contributed by atoms with Gasteiger partial charge in [0.2, 0.25) is 0 Å². The van der Waals surface area contributed by atoms with Gasteiger partial charge in [-0.15, -0.1) is 0 Å². The van der Waals surface area contributed by atoms with Crippen LogP contribution in [0.15, 0.2) is 30.5 Å². The average Bonchev–Trinajstić information content (AvgIpc) is 2.96. The lowest BCUT2D eigenvalue weighted by molar-refractivity contribution is 0.0957. The molecule has 0 aliphatic rings. The third-order valence-corrected chi connectivity index (χ3v) is 3.09. The number of hydrogen-bond acceptors (Lipinski definition) is 3. The molecule has 112 valence electrons. The van der Waals surface area contributed by atoms with Crippen LogP contribution in [0.1, 0.15) is 29.4 Å². The van der Waals surface area contributed by atoms with Crippen LogP contribution in [0.4, 0.5) is 4.39 Å². The monoisotopic (exact) mass is 290 g/mol. The molecular weight excluding hydrogens is 271 g/mol. The van der Waals surface area contributed by atoms with E-state index in [2.05, 4.69) is 22.7 Å². The molecule has 2 aromatic rings. The van der Waals surface area contributed by atoms with E-state index in [1.165, 1.54) is 17.8 Å². The second-order valence-corrected chi connectivity index (χ2v) is 4.65. The van der Waals surface area contributed by atoms with E-state index < -0.39 is 0 Å². The fourth-order valence-corrected chi connectivity index (χ4v) is 2.06. The van der Waals surface area contributed by atoms with Crippen LogP contribution in [-0.4, -0.2) is 29.3 Å². The van der Waals surface area contributed by atoms with Crippen molar-refractivity contribution >= 4 is 5.91 Å². The van der Waals surface area contributed by atoms with Gasteiger partial charge in [-0.2, -0.15) is 5.10 Å². The normalized spacial score (nSPS) is 10.6. The summed E-state index contributed by atoms with van der Waals surface area (Å²) in [4.78, 5) is 11.5. The maximum Gasteiger partial charge on any atom is 0.271 e. The molecule has 0 aliphatic carbocycles. The van der Waals surface area contributed by atoms with Crippen molar-refractivity contribution in [3.05, 3.63) is 47.5 Å². The molecule has 1 aromatic heterocycles. The predicted molar refractivity (Wildman–Crippen MR) is 78.9 cm³/mol. The molecule has 0 bridgehead atoms. The Bertz CT molecular complexity index is 624. The number of carbonyl (C=O) groups excluding carboxylic acids is 1. The minimum atomic E-state index is -0.364. The van der Waals surface area contributed by atoms with Gasteiger partial charge in [0.25, 0.3) is 5.91 Å². The largest absolute Gasteiger partial charge is 0.354 e. The number of aromatic nitrogens is 2. The molecule has 0 aliphatic heterocycles. The van der Waals surface area contributed by atoms with Gasteiger partial charge in [0, 0.05) is 19.8 Å². The van der Waals surface area contributed by atoms with Crippen molar-refractivity contribution < 1.29 is 9.18 Å². The molecule has 2 N–H and O–H groups in total. The number of rotatable bonds is 6. The van der Waals surface area contributed by atoms with Gasteiger partial charge in [-0.05, 0) is 30.7 Å². The summed E-state index contributed by atoms with van der Waals surface area (Å²) in [6, 6.07) is 6.47. The number of benzene rings is 1. The van der Waals surface area contributed by atoms with Crippen molar-refractivity contribution in [3.63, 3.8) is 0 Å². The van der Waals surface area contributed by atoms with Crippen LogP contribution in [0, 0.1) is 5.82 Å².